The summed E-state index contributed by atoms with van der Waals surface area (Å²) in [4.78, 5) is 23.8. The molecule has 0 saturated carbocycles. The lowest BCUT2D eigenvalue weighted by Crippen LogP contribution is -2.09. The summed E-state index contributed by atoms with van der Waals surface area (Å²) >= 11 is 9.94. The molecule has 0 spiro atoms. The average molecular weight is 945 g/mol. The maximum absolute atomic E-state index is 12.2. The van der Waals surface area contributed by atoms with E-state index in [0.717, 1.165) is 31.6 Å². The highest BCUT2D eigenvalue weighted by Crippen LogP contribution is 2.27. The van der Waals surface area contributed by atoms with Crippen molar-refractivity contribution in [3.8, 4) is 28.9 Å². The minimum absolute atomic E-state index is 0.0354. The van der Waals surface area contributed by atoms with Crippen molar-refractivity contribution in [3.05, 3.63) is 133 Å². The third kappa shape index (κ3) is 12.9. The Morgan fingerprint density at radius 2 is 1.02 bits per heavy atom. The zero-order valence-corrected chi connectivity index (χ0v) is 34.9. The Morgan fingerprint density at radius 1 is 0.600 bits per heavy atom. The summed E-state index contributed by atoms with van der Waals surface area (Å²) in [6.07, 6.45) is 0. The molecule has 0 bridgehead atoms. The van der Waals surface area contributed by atoms with Gasteiger partial charge >= 0.3 is 11.9 Å². The van der Waals surface area contributed by atoms with E-state index in [2.05, 4.69) is 68.4 Å². The number of benzene rings is 4. The van der Waals surface area contributed by atoms with E-state index in [4.69, 9.17) is 28.8 Å². The molecule has 0 aliphatic heterocycles. The summed E-state index contributed by atoms with van der Waals surface area (Å²) in [5, 5.41) is 24.5. The molecule has 0 aliphatic carbocycles. The molecule has 0 saturated heterocycles. The van der Waals surface area contributed by atoms with Gasteiger partial charge in [-0.3, -0.25) is 0 Å². The topological polar surface area (TPSA) is 162 Å². The number of nitrogens with zero attached hydrogens (tertiary/aromatic N) is 6. The number of carbonyl (C=O) groups excluding carboxylic acids is 2. The molecule has 6 rings (SSSR count). The molecule has 0 unspecified atom stereocenters. The molecule has 0 amide bonds. The van der Waals surface area contributed by atoms with Crippen molar-refractivity contribution in [1.82, 2.24) is 30.0 Å². The Labute approximate surface area is 342 Å². The number of aromatic hydroxyl groups is 1. The molecular weight excluding hydrogens is 908 g/mol. The minimum Gasteiger partial charge on any atom is -0.508 e. The predicted molar refractivity (Wildman–Crippen MR) is 214 cm³/mol. The third-order valence-electron chi connectivity index (χ3n) is 7.14. The van der Waals surface area contributed by atoms with Gasteiger partial charge in [-0.15, -0.1) is 10.2 Å². The van der Waals surface area contributed by atoms with Gasteiger partial charge in [0.1, 0.15) is 27.6 Å². The van der Waals surface area contributed by atoms with Crippen molar-refractivity contribution in [1.29, 1.82) is 0 Å². The first-order valence-corrected chi connectivity index (χ1v) is 18.9. The van der Waals surface area contributed by atoms with Gasteiger partial charge in [-0.25, -0.2) is 19.0 Å². The number of rotatable bonds is 12. The van der Waals surface area contributed by atoms with Gasteiger partial charge in [0.2, 0.25) is 11.4 Å². The van der Waals surface area contributed by atoms with Crippen LogP contribution in [-0.2, 0) is 22.6 Å². The van der Waals surface area contributed by atoms with Crippen molar-refractivity contribution in [2.24, 2.45) is 0 Å². The van der Waals surface area contributed by atoms with Crippen molar-refractivity contribution in [2.75, 3.05) is 27.4 Å². The van der Waals surface area contributed by atoms with E-state index >= 15 is 0 Å². The Bertz CT molecular complexity index is 2090. The Kier molecular flexibility index (Phi) is 16.7. The maximum atomic E-state index is 12.2. The van der Waals surface area contributed by atoms with Crippen LogP contribution in [0.1, 0.15) is 46.0 Å². The van der Waals surface area contributed by atoms with E-state index in [1.807, 2.05) is 60.7 Å². The molecule has 55 heavy (non-hydrogen) atoms. The second-order valence-corrected chi connectivity index (χ2v) is 13.5. The Balaban J connectivity index is 0.000000209. The molecule has 2 heterocycles. The quantitative estimate of drug-likeness (QED) is 0.117. The second-order valence-electron chi connectivity index (χ2n) is 11.0. The second kappa shape index (κ2) is 21.6. The molecule has 14 nitrogen and oxygen atoms in total. The van der Waals surface area contributed by atoms with Crippen LogP contribution >= 0.6 is 47.8 Å². The molecule has 2 aromatic heterocycles. The molecule has 17 heteroatoms. The van der Waals surface area contributed by atoms with E-state index in [1.54, 1.807) is 69.1 Å². The van der Waals surface area contributed by atoms with E-state index in [-0.39, 0.29) is 23.9 Å². The zero-order chi connectivity index (χ0) is 39.7. The van der Waals surface area contributed by atoms with Crippen LogP contribution in [0.5, 0.6) is 28.9 Å². The van der Waals surface area contributed by atoms with Crippen molar-refractivity contribution in [3.63, 3.8) is 0 Å². The SMILES string of the molecule is CCOC(=O)c1nnn(Cc2ccc(OC)cc2)c1Br.CCOC(=O)c1nnn(Cc2ccc(OC)cc2)c1Oc1ccc(Br)cc1.Oc1ccc(Br)cc1. The largest absolute Gasteiger partial charge is 0.508 e. The van der Waals surface area contributed by atoms with Crippen LogP contribution in [0.15, 0.2) is 111 Å². The first-order chi connectivity index (χ1) is 26.5. The van der Waals surface area contributed by atoms with Gasteiger partial charge < -0.3 is 28.8 Å². The van der Waals surface area contributed by atoms with E-state index in [1.165, 1.54) is 4.68 Å². The van der Waals surface area contributed by atoms with Crippen LogP contribution in [-0.4, -0.2) is 74.5 Å². The van der Waals surface area contributed by atoms with Gasteiger partial charge in [0.25, 0.3) is 5.88 Å². The number of hydrogen-bond donors (Lipinski definition) is 1. The summed E-state index contributed by atoms with van der Waals surface area (Å²) in [7, 11) is 3.23. The van der Waals surface area contributed by atoms with Crippen LogP contribution < -0.4 is 14.2 Å². The number of aromatic nitrogens is 6. The molecular formula is C38H37Br3N6O8. The van der Waals surface area contributed by atoms with Crippen molar-refractivity contribution in [2.45, 2.75) is 26.9 Å². The van der Waals surface area contributed by atoms with Crippen LogP contribution in [0.2, 0.25) is 0 Å². The molecule has 4 aromatic carbocycles. The van der Waals surface area contributed by atoms with Crippen LogP contribution in [0, 0.1) is 0 Å². The molecule has 0 radical (unpaired) electrons. The van der Waals surface area contributed by atoms with Gasteiger partial charge in [0.15, 0.2) is 0 Å². The highest BCUT2D eigenvalue weighted by molar-refractivity contribution is 9.11. The predicted octanol–water partition coefficient (Wildman–Crippen LogP) is 8.50. The lowest BCUT2D eigenvalue weighted by molar-refractivity contribution is 0.0507. The highest BCUT2D eigenvalue weighted by atomic mass is 79.9. The summed E-state index contributed by atoms with van der Waals surface area (Å²) in [6, 6.07) is 29.2. The van der Waals surface area contributed by atoms with Gasteiger partial charge in [-0.1, -0.05) is 66.6 Å². The smallest absolute Gasteiger partial charge is 0.364 e. The maximum Gasteiger partial charge on any atom is 0.364 e. The first kappa shape index (κ1) is 42.5. The summed E-state index contributed by atoms with van der Waals surface area (Å²) in [5.74, 6) is 1.57. The number of halogens is 3. The highest BCUT2D eigenvalue weighted by Gasteiger charge is 2.24. The van der Waals surface area contributed by atoms with E-state index in [9.17, 15) is 9.59 Å². The van der Waals surface area contributed by atoms with E-state index < -0.39 is 11.9 Å². The fraction of sp³-hybridized carbons (Fsp3) is 0.211. The molecule has 6 aromatic rings. The number of phenolic OH excluding ortho intramolecular Hbond substituents is 1. The fourth-order valence-corrected chi connectivity index (χ4v) is 5.39. The normalized spacial score (nSPS) is 10.2. The standard InChI is InChI=1S/C19H18BrN3O4.C13H14BrN3O3.C6H5BrO/c1-3-26-19(24)17-18(27-16-10-6-14(20)7-11-16)23(22-21-17)12-13-4-8-15(25-2)9-5-13;1-3-20-13(18)11-12(14)17(16-15-11)8-9-4-6-10(19-2)7-5-9;7-5-1-3-6(8)4-2-5/h4-11H,3,12H2,1-2H3;4-7H,3,8H2,1-2H3;1-4,8H. The third-order valence-corrected chi connectivity index (χ3v) is 8.98. The number of hydrogen-bond acceptors (Lipinski definition) is 12. The van der Waals surface area contributed by atoms with Crippen LogP contribution in [0.25, 0.3) is 0 Å². The summed E-state index contributed by atoms with van der Waals surface area (Å²) in [5.41, 5.74) is 2.19. The lowest BCUT2D eigenvalue weighted by Gasteiger charge is -2.10. The lowest BCUT2D eigenvalue weighted by atomic mass is 10.2. The van der Waals surface area contributed by atoms with Gasteiger partial charge in [-0.2, -0.15) is 0 Å². The van der Waals surface area contributed by atoms with Crippen LogP contribution in [0.4, 0.5) is 0 Å². The minimum atomic E-state index is -0.578. The Hall–Kier alpha value is -5.26. The number of phenols is 1. The number of ether oxygens (including phenoxy) is 5. The average Bonchev–Trinajstić information content (AvgIpc) is 3.76. The van der Waals surface area contributed by atoms with Crippen molar-refractivity contribution < 1.29 is 38.4 Å². The first-order valence-electron chi connectivity index (χ1n) is 16.6. The number of methoxy groups -OCH3 is 2. The van der Waals surface area contributed by atoms with Crippen molar-refractivity contribution >= 4 is 59.7 Å². The summed E-state index contributed by atoms with van der Waals surface area (Å²) < 4.78 is 31.7. The zero-order valence-electron chi connectivity index (χ0n) is 30.2. The van der Waals surface area contributed by atoms with Crippen LogP contribution in [0.3, 0.4) is 0 Å². The van der Waals surface area contributed by atoms with E-state index in [0.29, 0.717) is 35.8 Å². The Morgan fingerprint density at radius 3 is 1.49 bits per heavy atom. The summed E-state index contributed by atoms with van der Waals surface area (Å²) in [6.45, 7) is 4.89. The molecule has 0 atom stereocenters. The number of esters is 2. The van der Waals surface area contributed by atoms with Gasteiger partial charge in [0, 0.05) is 8.95 Å². The van der Waals surface area contributed by atoms with Gasteiger partial charge in [-0.05, 0) is 114 Å². The molecule has 1 N–H and O–H groups in total. The fourth-order valence-electron chi connectivity index (χ4n) is 4.43. The molecule has 0 fully saturated rings. The molecule has 0 aliphatic rings. The number of carbonyl (C=O) groups is 2. The van der Waals surface area contributed by atoms with Gasteiger partial charge in [0.05, 0.1) is 40.5 Å². The molecule has 288 valence electrons. The monoisotopic (exact) mass is 942 g/mol.